The van der Waals surface area contributed by atoms with Crippen molar-refractivity contribution >= 4 is 39.2 Å². The number of carbonyl (C=O) groups excluding carboxylic acids is 1. The van der Waals surface area contributed by atoms with Crippen molar-refractivity contribution in [2.24, 2.45) is 0 Å². The van der Waals surface area contributed by atoms with Crippen molar-refractivity contribution in [2.45, 2.75) is 6.92 Å². The second kappa shape index (κ2) is 5.10. The number of hydrogen-bond donors (Lipinski definition) is 0. The fraction of sp³-hybridized carbons (Fsp3) is 0.125. The summed E-state index contributed by atoms with van der Waals surface area (Å²) in [5, 5.41) is 3.23. The molecular formula is C16H12ClNO2. The fourth-order valence-corrected chi connectivity index (χ4v) is 2.45. The van der Waals surface area contributed by atoms with Crippen LogP contribution in [0.1, 0.15) is 17.4 Å². The van der Waals surface area contributed by atoms with Gasteiger partial charge in [-0.2, -0.15) is 0 Å². The van der Waals surface area contributed by atoms with Crippen LogP contribution >= 0.6 is 11.6 Å². The average Bonchev–Trinajstić information content (AvgIpc) is 2.46. The predicted octanol–water partition coefficient (Wildman–Crippen LogP) is 4.22. The number of nitrogens with zero attached hydrogens (tertiary/aromatic N) is 1. The first kappa shape index (κ1) is 12.9. The highest BCUT2D eigenvalue weighted by Crippen LogP contribution is 2.29. The van der Waals surface area contributed by atoms with Crippen LogP contribution in [0.2, 0.25) is 5.02 Å². The van der Waals surface area contributed by atoms with Crippen molar-refractivity contribution in [3.63, 3.8) is 0 Å². The molecule has 0 fully saturated rings. The van der Waals surface area contributed by atoms with Crippen LogP contribution in [0.15, 0.2) is 42.5 Å². The summed E-state index contributed by atoms with van der Waals surface area (Å²) in [6.45, 7) is 2.09. The van der Waals surface area contributed by atoms with E-state index < -0.39 is 5.97 Å². The standard InChI is InChI=1S/C16H12ClNO2/c1-2-20-16(19)15-13-9-10(17)7-8-11(13)12-5-3-4-6-14(12)18-15/h3-9H,2H2,1H3. The summed E-state index contributed by atoms with van der Waals surface area (Å²) in [6.07, 6.45) is 0. The van der Waals surface area contributed by atoms with Gasteiger partial charge in [0.2, 0.25) is 0 Å². The summed E-state index contributed by atoms with van der Waals surface area (Å²) in [5.74, 6) is -0.425. The number of ether oxygens (including phenoxy) is 1. The van der Waals surface area contributed by atoms with Crippen LogP contribution in [0, 0.1) is 0 Å². The van der Waals surface area contributed by atoms with E-state index in [-0.39, 0.29) is 0 Å². The van der Waals surface area contributed by atoms with E-state index in [2.05, 4.69) is 4.98 Å². The summed E-state index contributed by atoms with van der Waals surface area (Å²) in [6, 6.07) is 13.2. The zero-order chi connectivity index (χ0) is 14.1. The molecule has 0 bridgehead atoms. The normalized spacial score (nSPS) is 10.9. The van der Waals surface area contributed by atoms with Crippen molar-refractivity contribution in [1.82, 2.24) is 4.98 Å². The van der Waals surface area contributed by atoms with Gasteiger partial charge in [0.15, 0.2) is 5.69 Å². The van der Waals surface area contributed by atoms with Crippen LogP contribution < -0.4 is 0 Å². The van der Waals surface area contributed by atoms with Gasteiger partial charge in [-0.15, -0.1) is 0 Å². The van der Waals surface area contributed by atoms with Gasteiger partial charge in [0.05, 0.1) is 12.1 Å². The number of pyridine rings is 1. The zero-order valence-electron chi connectivity index (χ0n) is 10.9. The van der Waals surface area contributed by atoms with E-state index in [1.54, 1.807) is 13.0 Å². The second-order valence-corrected chi connectivity index (χ2v) is 4.82. The van der Waals surface area contributed by atoms with E-state index in [1.807, 2.05) is 36.4 Å². The van der Waals surface area contributed by atoms with Crippen LogP contribution in [0.25, 0.3) is 21.7 Å². The molecule has 4 heteroatoms. The molecule has 20 heavy (non-hydrogen) atoms. The molecule has 2 aromatic carbocycles. The van der Waals surface area contributed by atoms with Gasteiger partial charge in [0.1, 0.15) is 0 Å². The largest absolute Gasteiger partial charge is 0.461 e. The van der Waals surface area contributed by atoms with Gasteiger partial charge in [0, 0.05) is 15.8 Å². The quantitative estimate of drug-likeness (QED) is 0.523. The number of para-hydroxylation sites is 1. The minimum absolute atomic E-state index is 0.308. The number of fused-ring (bicyclic) bond motifs is 3. The maximum absolute atomic E-state index is 12.1. The minimum Gasteiger partial charge on any atom is -0.461 e. The van der Waals surface area contributed by atoms with E-state index in [4.69, 9.17) is 16.3 Å². The SMILES string of the molecule is CCOC(=O)c1nc2ccccc2c2ccc(Cl)cc12. The maximum Gasteiger partial charge on any atom is 0.357 e. The molecule has 0 aliphatic carbocycles. The van der Waals surface area contributed by atoms with Gasteiger partial charge < -0.3 is 4.74 Å². The lowest BCUT2D eigenvalue weighted by molar-refractivity contribution is 0.0522. The average molecular weight is 286 g/mol. The summed E-state index contributed by atoms with van der Waals surface area (Å²) >= 11 is 6.04. The van der Waals surface area contributed by atoms with E-state index in [0.29, 0.717) is 17.3 Å². The molecule has 0 aliphatic heterocycles. The highest BCUT2D eigenvalue weighted by molar-refractivity contribution is 6.32. The van der Waals surface area contributed by atoms with Gasteiger partial charge >= 0.3 is 5.97 Å². The molecule has 0 amide bonds. The van der Waals surface area contributed by atoms with E-state index >= 15 is 0 Å². The third-order valence-corrected chi connectivity index (χ3v) is 3.37. The first-order chi connectivity index (χ1) is 9.70. The first-order valence-corrected chi connectivity index (χ1v) is 6.73. The number of aromatic nitrogens is 1. The lowest BCUT2D eigenvalue weighted by Crippen LogP contribution is -2.08. The van der Waals surface area contributed by atoms with E-state index in [9.17, 15) is 4.79 Å². The minimum atomic E-state index is -0.425. The van der Waals surface area contributed by atoms with Gasteiger partial charge in [0.25, 0.3) is 0 Å². The van der Waals surface area contributed by atoms with Crippen molar-refractivity contribution in [1.29, 1.82) is 0 Å². The van der Waals surface area contributed by atoms with Crippen LogP contribution in [0.5, 0.6) is 0 Å². The summed E-state index contributed by atoms with van der Waals surface area (Å²) in [7, 11) is 0. The fourth-order valence-electron chi connectivity index (χ4n) is 2.28. The van der Waals surface area contributed by atoms with Crippen LogP contribution in [-0.4, -0.2) is 17.6 Å². The van der Waals surface area contributed by atoms with Gasteiger partial charge in [-0.25, -0.2) is 9.78 Å². The molecule has 0 saturated carbocycles. The van der Waals surface area contributed by atoms with Gasteiger partial charge in [-0.3, -0.25) is 0 Å². The second-order valence-electron chi connectivity index (χ2n) is 4.39. The lowest BCUT2D eigenvalue weighted by Gasteiger charge is -2.09. The number of carbonyl (C=O) groups is 1. The zero-order valence-corrected chi connectivity index (χ0v) is 11.6. The summed E-state index contributed by atoms with van der Waals surface area (Å²) in [4.78, 5) is 16.5. The number of hydrogen-bond acceptors (Lipinski definition) is 3. The Labute approximate surface area is 121 Å². The molecule has 0 N–H and O–H groups in total. The number of esters is 1. The number of halogens is 1. The monoisotopic (exact) mass is 285 g/mol. The molecule has 0 unspecified atom stereocenters. The van der Waals surface area contributed by atoms with Crippen LogP contribution in [0.4, 0.5) is 0 Å². The Bertz CT molecular complexity index is 814. The Kier molecular flexibility index (Phi) is 3.28. The molecule has 100 valence electrons. The van der Waals surface area contributed by atoms with Crippen molar-refractivity contribution in [3.05, 3.63) is 53.2 Å². The van der Waals surface area contributed by atoms with Crippen molar-refractivity contribution in [3.8, 4) is 0 Å². The predicted molar refractivity (Wildman–Crippen MR) is 80.2 cm³/mol. The smallest absolute Gasteiger partial charge is 0.357 e. The maximum atomic E-state index is 12.1. The topological polar surface area (TPSA) is 39.2 Å². The van der Waals surface area contributed by atoms with E-state index in [1.165, 1.54) is 0 Å². The molecule has 0 radical (unpaired) electrons. The molecular weight excluding hydrogens is 274 g/mol. The molecule has 1 aromatic heterocycles. The Morgan fingerprint density at radius 1 is 1.15 bits per heavy atom. The summed E-state index contributed by atoms with van der Waals surface area (Å²) < 4.78 is 5.08. The van der Waals surface area contributed by atoms with Crippen LogP contribution in [0.3, 0.4) is 0 Å². The molecule has 3 aromatic rings. The molecule has 3 rings (SSSR count). The Morgan fingerprint density at radius 2 is 1.95 bits per heavy atom. The Hall–Kier alpha value is -2.13. The Balaban J connectivity index is 2.41. The van der Waals surface area contributed by atoms with E-state index in [0.717, 1.165) is 21.7 Å². The highest BCUT2D eigenvalue weighted by Gasteiger charge is 2.16. The third-order valence-electron chi connectivity index (χ3n) is 3.13. The van der Waals surface area contributed by atoms with Gasteiger partial charge in [-0.05, 0) is 30.5 Å². The molecule has 0 spiro atoms. The number of rotatable bonds is 2. The van der Waals surface area contributed by atoms with Crippen molar-refractivity contribution in [2.75, 3.05) is 6.61 Å². The molecule has 1 heterocycles. The lowest BCUT2D eigenvalue weighted by atomic mass is 10.0. The first-order valence-electron chi connectivity index (χ1n) is 6.36. The summed E-state index contributed by atoms with van der Waals surface area (Å²) in [5.41, 5.74) is 1.08. The molecule has 0 aliphatic rings. The van der Waals surface area contributed by atoms with Crippen LogP contribution in [-0.2, 0) is 4.74 Å². The Morgan fingerprint density at radius 3 is 2.75 bits per heavy atom. The third kappa shape index (κ3) is 2.10. The van der Waals surface area contributed by atoms with Crippen molar-refractivity contribution < 1.29 is 9.53 Å². The highest BCUT2D eigenvalue weighted by atomic mass is 35.5. The van der Waals surface area contributed by atoms with Gasteiger partial charge in [-0.1, -0.05) is 35.9 Å². The number of benzene rings is 2. The molecule has 3 nitrogen and oxygen atoms in total. The molecule has 0 saturated heterocycles. The molecule has 0 atom stereocenters.